The molecule has 8 nitrogen and oxygen atoms in total. The van der Waals surface area contributed by atoms with Crippen LogP contribution >= 0.6 is 0 Å². The molecule has 186 valence electrons. The summed E-state index contributed by atoms with van der Waals surface area (Å²) in [5, 5.41) is 13.3. The van der Waals surface area contributed by atoms with Crippen molar-refractivity contribution in [2.75, 3.05) is 7.11 Å². The summed E-state index contributed by atoms with van der Waals surface area (Å²) >= 11 is 0. The Bertz CT molecular complexity index is 1620. The number of benzene rings is 2. The average Bonchev–Trinajstić information content (AvgIpc) is 3.42. The Morgan fingerprint density at radius 3 is 2.51 bits per heavy atom. The van der Waals surface area contributed by atoms with Crippen molar-refractivity contribution in [3.63, 3.8) is 0 Å². The lowest BCUT2D eigenvalue weighted by molar-refractivity contribution is 0.405. The number of aryl methyl sites for hydroxylation is 1. The van der Waals surface area contributed by atoms with E-state index in [0.717, 1.165) is 30.1 Å². The van der Waals surface area contributed by atoms with E-state index >= 15 is 4.39 Å². The number of methoxy groups -OCH3 is 1. The Morgan fingerprint density at radius 2 is 1.76 bits per heavy atom. The van der Waals surface area contributed by atoms with Crippen molar-refractivity contribution in [2.24, 2.45) is 5.92 Å². The van der Waals surface area contributed by atoms with Gasteiger partial charge < -0.3 is 4.74 Å². The van der Waals surface area contributed by atoms with E-state index in [-0.39, 0.29) is 17.1 Å². The molecule has 2 aromatic carbocycles. The molecule has 3 heterocycles. The topological polar surface area (TPSA) is 79.8 Å². The second-order valence-electron chi connectivity index (χ2n) is 9.14. The van der Waals surface area contributed by atoms with Crippen LogP contribution in [0.25, 0.3) is 28.5 Å². The number of nitrogens with zero attached hydrogens (tertiary/aromatic N) is 6. The number of para-hydroxylation sites is 1. The van der Waals surface area contributed by atoms with E-state index in [1.807, 2.05) is 36.4 Å². The monoisotopic (exact) mass is 496 g/mol. The summed E-state index contributed by atoms with van der Waals surface area (Å²) in [4.78, 5) is 13.2. The Hall–Kier alpha value is -4.53. The van der Waals surface area contributed by atoms with Gasteiger partial charge >= 0.3 is 0 Å². The molecule has 1 aliphatic rings. The Balaban J connectivity index is 1.39. The van der Waals surface area contributed by atoms with Crippen molar-refractivity contribution in [1.82, 2.24) is 29.3 Å². The molecular formula is C28H25FN6O2. The standard InChI is InChI=1S/C28H25FN6O2/c1-37-26-18-33(32-27(28(26)36)25-14-16-31-35(25)20-5-3-2-4-6-20)24-12-11-22(17-23(24)29)34-21(13-15-30-34)10-9-19-7-8-19/h2-6,11-19H,7-10H2,1H3. The third kappa shape index (κ3) is 4.44. The predicted molar refractivity (Wildman–Crippen MR) is 137 cm³/mol. The number of halogens is 1. The third-order valence-corrected chi connectivity index (χ3v) is 6.64. The van der Waals surface area contributed by atoms with Gasteiger partial charge in [-0.15, -0.1) is 0 Å². The molecule has 1 fully saturated rings. The van der Waals surface area contributed by atoms with Gasteiger partial charge in [0, 0.05) is 18.0 Å². The van der Waals surface area contributed by atoms with E-state index in [1.165, 1.54) is 36.9 Å². The summed E-state index contributed by atoms with van der Waals surface area (Å²) in [5.41, 5.74) is 2.79. The van der Waals surface area contributed by atoms with E-state index in [4.69, 9.17) is 4.74 Å². The molecule has 5 aromatic rings. The number of ether oxygens (including phenoxy) is 1. The molecule has 0 saturated heterocycles. The maximum atomic E-state index is 15.5. The first-order valence-corrected chi connectivity index (χ1v) is 12.2. The average molecular weight is 497 g/mol. The van der Waals surface area contributed by atoms with E-state index < -0.39 is 11.2 Å². The molecule has 1 aliphatic carbocycles. The quantitative estimate of drug-likeness (QED) is 0.309. The van der Waals surface area contributed by atoms with Crippen LogP contribution in [0.5, 0.6) is 5.75 Å². The molecule has 1 saturated carbocycles. The highest BCUT2D eigenvalue weighted by molar-refractivity contribution is 5.59. The van der Waals surface area contributed by atoms with Crippen LogP contribution in [0, 0.1) is 11.7 Å². The highest BCUT2D eigenvalue weighted by Gasteiger charge is 2.22. The summed E-state index contributed by atoms with van der Waals surface area (Å²) < 4.78 is 25.6. The first-order valence-electron chi connectivity index (χ1n) is 12.2. The fraction of sp³-hybridized carbons (Fsp3) is 0.214. The summed E-state index contributed by atoms with van der Waals surface area (Å²) in [7, 11) is 1.40. The zero-order valence-corrected chi connectivity index (χ0v) is 20.3. The van der Waals surface area contributed by atoms with Crippen LogP contribution in [0.1, 0.15) is 25.0 Å². The van der Waals surface area contributed by atoms with Crippen LogP contribution < -0.4 is 10.2 Å². The summed E-state index contributed by atoms with van der Waals surface area (Å²) in [5.74, 6) is 0.349. The molecule has 3 aromatic heterocycles. The highest BCUT2D eigenvalue weighted by atomic mass is 19.1. The minimum absolute atomic E-state index is 0.0451. The largest absolute Gasteiger partial charge is 0.491 e. The maximum absolute atomic E-state index is 15.5. The van der Waals surface area contributed by atoms with Crippen LogP contribution in [0.15, 0.2) is 84.0 Å². The van der Waals surface area contributed by atoms with Gasteiger partial charge in [-0.3, -0.25) is 4.79 Å². The molecule has 0 amide bonds. The highest BCUT2D eigenvalue weighted by Crippen LogP contribution is 2.33. The second kappa shape index (κ2) is 9.50. The molecule has 0 aliphatic heterocycles. The lowest BCUT2D eigenvalue weighted by Gasteiger charge is -2.14. The number of hydrogen-bond donors (Lipinski definition) is 0. The van der Waals surface area contributed by atoms with Crippen molar-refractivity contribution >= 4 is 0 Å². The Morgan fingerprint density at radius 1 is 0.973 bits per heavy atom. The van der Waals surface area contributed by atoms with Gasteiger partial charge in [0.1, 0.15) is 5.69 Å². The van der Waals surface area contributed by atoms with Gasteiger partial charge in [-0.05, 0) is 55.2 Å². The van der Waals surface area contributed by atoms with Crippen molar-refractivity contribution in [3.05, 3.63) is 101 Å². The molecular weight excluding hydrogens is 471 g/mol. The van der Waals surface area contributed by atoms with Crippen LogP contribution in [-0.2, 0) is 6.42 Å². The Labute approximate surface area is 212 Å². The molecule has 0 N–H and O–H groups in total. The Kier molecular flexibility index (Phi) is 5.88. The lowest BCUT2D eigenvalue weighted by Crippen LogP contribution is -2.18. The van der Waals surface area contributed by atoms with E-state index in [9.17, 15) is 4.79 Å². The van der Waals surface area contributed by atoms with E-state index in [0.29, 0.717) is 11.4 Å². The minimum atomic E-state index is -0.498. The van der Waals surface area contributed by atoms with Crippen molar-refractivity contribution in [3.8, 4) is 34.2 Å². The molecule has 9 heteroatoms. The van der Waals surface area contributed by atoms with Crippen molar-refractivity contribution in [2.45, 2.75) is 25.7 Å². The molecule has 0 radical (unpaired) electrons. The molecule has 0 spiro atoms. The summed E-state index contributed by atoms with van der Waals surface area (Å²) in [6.45, 7) is 0. The predicted octanol–water partition coefficient (Wildman–Crippen LogP) is 4.76. The lowest BCUT2D eigenvalue weighted by atomic mass is 10.1. The van der Waals surface area contributed by atoms with Crippen LogP contribution in [0.2, 0.25) is 0 Å². The number of rotatable bonds is 8. The van der Waals surface area contributed by atoms with Crippen LogP contribution in [0.4, 0.5) is 4.39 Å². The number of aromatic nitrogens is 6. The minimum Gasteiger partial charge on any atom is -0.491 e. The molecule has 0 unspecified atom stereocenters. The van der Waals surface area contributed by atoms with Gasteiger partial charge in [0.25, 0.3) is 5.43 Å². The normalized spacial score (nSPS) is 13.1. The summed E-state index contributed by atoms with van der Waals surface area (Å²) in [6, 6.07) is 17.9. The fourth-order valence-electron chi connectivity index (χ4n) is 4.49. The van der Waals surface area contributed by atoms with Gasteiger partial charge in [0.15, 0.2) is 17.3 Å². The summed E-state index contributed by atoms with van der Waals surface area (Å²) in [6.07, 6.45) is 9.34. The van der Waals surface area contributed by atoms with Gasteiger partial charge in [-0.25, -0.2) is 18.4 Å². The van der Waals surface area contributed by atoms with Crippen LogP contribution in [-0.4, -0.2) is 36.5 Å². The van der Waals surface area contributed by atoms with Gasteiger partial charge in [0.05, 0.1) is 36.6 Å². The first-order chi connectivity index (χ1) is 18.1. The molecule has 6 rings (SSSR count). The van der Waals surface area contributed by atoms with Crippen molar-refractivity contribution < 1.29 is 9.13 Å². The van der Waals surface area contributed by atoms with Gasteiger partial charge in [0.2, 0.25) is 0 Å². The SMILES string of the molecule is COc1cn(-c2ccc(-n3nccc3CCC3CC3)cc2F)nc(-c2ccnn2-c2ccccc2)c1=O. The van der Waals surface area contributed by atoms with Gasteiger partial charge in [-0.1, -0.05) is 31.0 Å². The second-order valence-corrected chi connectivity index (χ2v) is 9.14. The van der Waals surface area contributed by atoms with E-state index in [2.05, 4.69) is 15.3 Å². The molecule has 37 heavy (non-hydrogen) atoms. The number of hydrogen-bond acceptors (Lipinski definition) is 5. The smallest absolute Gasteiger partial charge is 0.251 e. The zero-order valence-electron chi connectivity index (χ0n) is 20.3. The van der Waals surface area contributed by atoms with Crippen LogP contribution in [0.3, 0.4) is 0 Å². The maximum Gasteiger partial charge on any atom is 0.251 e. The van der Waals surface area contributed by atoms with Gasteiger partial charge in [-0.2, -0.15) is 15.3 Å². The van der Waals surface area contributed by atoms with E-state index in [1.54, 1.807) is 40.0 Å². The zero-order chi connectivity index (χ0) is 25.4. The first kappa shape index (κ1) is 22.9. The third-order valence-electron chi connectivity index (χ3n) is 6.64. The van der Waals surface area contributed by atoms with Crippen molar-refractivity contribution in [1.29, 1.82) is 0 Å². The molecule has 0 bridgehead atoms. The molecule has 0 atom stereocenters. The fourth-order valence-corrected chi connectivity index (χ4v) is 4.49.